The molecule has 0 saturated heterocycles. The van der Waals surface area contributed by atoms with Gasteiger partial charge in [-0.3, -0.25) is 4.79 Å². The summed E-state index contributed by atoms with van der Waals surface area (Å²) >= 11 is 0. The minimum atomic E-state index is -2.69. The van der Waals surface area contributed by atoms with Gasteiger partial charge in [-0.05, 0) is 19.3 Å². The Hall–Kier alpha value is -0.670. The Bertz CT molecular complexity index is 225. The lowest BCUT2D eigenvalue weighted by Crippen LogP contribution is -2.57. The summed E-state index contributed by atoms with van der Waals surface area (Å²) < 4.78 is 26.0. The second-order valence-corrected chi connectivity index (χ2v) is 3.74. The van der Waals surface area contributed by atoms with Crippen molar-refractivity contribution in [3.63, 3.8) is 0 Å². The third-order valence-corrected chi connectivity index (χ3v) is 3.21. The smallest absolute Gasteiger partial charge is 0.307 e. The highest BCUT2D eigenvalue weighted by Crippen LogP contribution is 2.59. The van der Waals surface area contributed by atoms with Gasteiger partial charge in [-0.1, -0.05) is 0 Å². The molecule has 3 saturated carbocycles. The molecule has 0 aromatic carbocycles. The molecule has 0 spiro atoms. The summed E-state index contributed by atoms with van der Waals surface area (Å²) in [7, 11) is 0. The van der Waals surface area contributed by atoms with E-state index in [0.717, 1.165) is 0 Å². The number of aliphatic carboxylic acids is 1. The Balaban J connectivity index is 2.16. The van der Waals surface area contributed by atoms with Crippen LogP contribution in [0.3, 0.4) is 0 Å². The molecule has 2 nitrogen and oxygen atoms in total. The van der Waals surface area contributed by atoms with Crippen LogP contribution in [0.15, 0.2) is 0 Å². The van der Waals surface area contributed by atoms with Crippen LogP contribution in [0.4, 0.5) is 8.78 Å². The molecule has 0 heterocycles. The molecule has 12 heavy (non-hydrogen) atoms. The van der Waals surface area contributed by atoms with Crippen molar-refractivity contribution < 1.29 is 18.7 Å². The van der Waals surface area contributed by atoms with Crippen LogP contribution in [0.2, 0.25) is 0 Å². The number of hydrogen-bond acceptors (Lipinski definition) is 1. The monoisotopic (exact) mass is 176 g/mol. The largest absolute Gasteiger partial charge is 0.481 e. The van der Waals surface area contributed by atoms with Crippen LogP contribution in [0.1, 0.15) is 19.3 Å². The first kappa shape index (κ1) is 7.95. The van der Waals surface area contributed by atoms with Crippen molar-refractivity contribution in [2.45, 2.75) is 25.2 Å². The predicted molar refractivity (Wildman–Crippen MR) is 36.9 cm³/mol. The molecule has 0 aromatic heterocycles. The number of alkyl halides is 2. The van der Waals surface area contributed by atoms with Gasteiger partial charge in [0.15, 0.2) is 0 Å². The van der Waals surface area contributed by atoms with Crippen molar-refractivity contribution in [3.8, 4) is 0 Å². The van der Waals surface area contributed by atoms with Gasteiger partial charge in [-0.2, -0.15) is 0 Å². The first-order chi connectivity index (χ1) is 5.53. The van der Waals surface area contributed by atoms with E-state index in [0.29, 0.717) is 19.3 Å². The van der Waals surface area contributed by atoms with Gasteiger partial charge in [0.25, 0.3) is 5.92 Å². The Morgan fingerprint density at radius 3 is 2.42 bits per heavy atom. The first-order valence-corrected chi connectivity index (χ1v) is 4.14. The quantitative estimate of drug-likeness (QED) is 0.660. The van der Waals surface area contributed by atoms with E-state index < -0.39 is 29.6 Å². The second-order valence-electron chi connectivity index (χ2n) is 3.74. The SMILES string of the molecule is O=C(O)C1CCC2CC1C2(F)F. The molecule has 68 valence electrons. The van der Waals surface area contributed by atoms with E-state index in [2.05, 4.69) is 0 Å². The summed E-state index contributed by atoms with van der Waals surface area (Å²) in [6, 6.07) is 0. The predicted octanol–water partition coefficient (Wildman–Crippen LogP) is 1.75. The van der Waals surface area contributed by atoms with E-state index in [1.165, 1.54) is 0 Å². The molecular weight excluding hydrogens is 166 g/mol. The molecule has 0 radical (unpaired) electrons. The molecule has 0 aliphatic heterocycles. The standard InChI is InChI=1S/C8H10F2O2/c9-8(10)4-1-2-5(7(11)12)6(8)3-4/h4-6H,1-3H2,(H,11,12). The van der Waals surface area contributed by atoms with E-state index in [1.54, 1.807) is 0 Å². The van der Waals surface area contributed by atoms with Gasteiger partial charge in [-0.25, -0.2) is 8.78 Å². The average Bonchev–Trinajstić information content (AvgIpc) is 2.04. The zero-order valence-corrected chi connectivity index (χ0v) is 6.46. The van der Waals surface area contributed by atoms with Crippen molar-refractivity contribution in [1.82, 2.24) is 0 Å². The molecule has 1 N–H and O–H groups in total. The van der Waals surface area contributed by atoms with Crippen molar-refractivity contribution in [2.75, 3.05) is 0 Å². The van der Waals surface area contributed by atoms with Gasteiger partial charge < -0.3 is 5.11 Å². The highest BCUT2D eigenvalue weighted by molar-refractivity contribution is 5.71. The fourth-order valence-electron chi connectivity index (χ4n) is 2.38. The van der Waals surface area contributed by atoms with E-state index in [1.807, 2.05) is 0 Å². The maximum Gasteiger partial charge on any atom is 0.307 e. The molecule has 3 unspecified atom stereocenters. The van der Waals surface area contributed by atoms with Crippen LogP contribution in [-0.2, 0) is 4.79 Å². The number of fused-ring (bicyclic) bond motifs is 2. The molecular formula is C8H10F2O2. The lowest BCUT2D eigenvalue weighted by Gasteiger charge is -2.51. The van der Waals surface area contributed by atoms with Gasteiger partial charge in [0, 0.05) is 11.8 Å². The number of hydrogen-bond donors (Lipinski definition) is 1. The van der Waals surface area contributed by atoms with Crippen LogP contribution < -0.4 is 0 Å². The van der Waals surface area contributed by atoms with Crippen molar-refractivity contribution in [1.29, 1.82) is 0 Å². The van der Waals surface area contributed by atoms with Gasteiger partial charge in [0.1, 0.15) is 0 Å². The maximum atomic E-state index is 13.0. The molecule has 2 bridgehead atoms. The third-order valence-electron chi connectivity index (χ3n) is 3.21. The zero-order chi connectivity index (χ0) is 8.93. The Morgan fingerprint density at radius 2 is 2.08 bits per heavy atom. The lowest BCUT2D eigenvalue weighted by molar-refractivity contribution is -0.234. The minimum Gasteiger partial charge on any atom is -0.481 e. The molecule has 3 fully saturated rings. The van der Waals surface area contributed by atoms with Crippen LogP contribution in [0, 0.1) is 17.8 Å². The molecule has 0 amide bonds. The average molecular weight is 176 g/mol. The van der Waals surface area contributed by atoms with Crippen LogP contribution >= 0.6 is 0 Å². The summed E-state index contributed by atoms with van der Waals surface area (Å²) in [6.45, 7) is 0. The Morgan fingerprint density at radius 1 is 1.42 bits per heavy atom. The molecule has 3 aliphatic carbocycles. The summed E-state index contributed by atoms with van der Waals surface area (Å²) in [5.41, 5.74) is 0. The van der Waals surface area contributed by atoms with Gasteiger partial charge in [0.05, 0.1) is 5.92 Å². The summed E-state index contributed by atoms with van der Waals surface area (Å²) in [5.74, 6) is -5.96. The number of carbonyl (C=O) groups is 1. The summed E-state index contributed by atoms with van der Waals surface area (Å²) in [4.78, 5) is 10.5. The van der Waals surface area contributed by atoms with Gasteiger partial charge in [-0.15, -0.1) is 0 Å². The fourth-order valence-corrected chi connectivity index (χ4v) is 2.38. The number of carboxylic acid groups (broad SMARTS) is 1. The second kappa shape index (κ2) is 2.18. The van der Waals surface area contributed by atoms with Gasteiger partial charge >= 0.3 is 5.97 Å². The maximum absolute atomic E-state index is 13.0. The normalized spacial score (nSPS) is 43.3. The van der Waals surface area contributed by atoms with Crippen molar-refractivity contribution in [2.24, 2.45) is 17.8 Å². The van der Waals surface area contributed by atoms with Crippen LogP contribution in [0.5, 0.6) is 0 Å². The van der Waals surface area contributed by atoms with E-state index in [-0.39, 0.29) is 0 Å². The minimum absolute atomic E-state index is 0.375. The Kier molecular flexibility index (Phi) is 1.44. The van der Waals surface area contributed by atoms with E-state index in [9.17, 15) is 13.6 Å². The zero-order valence-electron chi connectivity index (χ0n) is 6.46. The topological polar surface area (TPSA) is 37.3 Å². The molecule has 3 rings (SSSR count). The van der Waals surface area contributed by atoms with E-state index in [4.69, 9.17) is 5.11 Å². The number of rotatable bonds is 1. The molecule has 3 aliphatic rings. The third kappa shape index (κ3) is 0.807. The summed E-state index contributed by atoms with van der Waals surface area (Å²) in [5, 5.41) is 8.63. The molecule has 4 heteroatoms. The van der Waals surface area contributed by atoms with E-state index >= 15 is 0 Å². The highest BCUT2D eigenvalue weighted by atomic mass is 19.3. The molecule has 3 atom stereocenters. The number of carboxylic acids is 1. The van der Waals surface area contributed by atoms with Crippen molar-refractivity contribution >= 4 is 5.97 Å². The van der Waals surface area contributed by atoms with Crippen LogP contribution in [0.25, 0.3) is 0 Å². The Labute approximate surface area is 68.6 Å². The first-order valence-electron chi connectivity index (χ1n) is 4.14. The lowest BCUT2D eigenvalue weighted by atomic mass is 9.57. The fraction of sp³-hybridized carbons (Fsp3) is 0.875. The van der Waals surface area contributed by atoms with Gasteiger partial charge in [0.2, 0.25) is 0 Å². The summed E-state index contributed by atoms with van der Waals surface area (Å²) in [6.07, 6.45) is 1.21. The highest BCUT2D eigenvalue weighted by Gasteiger charge is 2.63. The van der Waals surface area contributed by atoms with Crippen LogP contribution in [-0.4, -0.2) is 17.0 Å². The number of halogens is 2. The van der Waals surface area contributed by atoms with Crippen molar-refractivity contribution in [3.05, 3.63) is 0 Å². The molecule has 0 aromatic rings.